The van der Waals surface area contributed by atoms with E-state index in [1.807, 2.05) is 0 Å². The Morgan fingerprint density at radius 1 is 1.42 bits per heavy atom. The number of rotatable bonds is 7. The van der Waals surface area contributed by atoms with Gasteiger partial charge in [0.25, 0.3) is 16.4 Å². The van der Waals surface area contributed by atoms with Crippen LogP contribution in [0.1, 0.15) is 10.6 Å². The van der Waals surface area contributed by atoms with Crippen molar-refractivity contribution in [3.63, 3.8) is 0 Å². The van der Waals surface area contributed by atoms with Crippen LogP contribution < -0.4 is 0 Å². The average Bonchev–Trinajstić information content (AvgIpc) is 2.77. The Bertz CT molecular complexity index is 541. The van der Waals surface area contributed by atoms with Gasteiger partial charge in [-0.3, -0.25) is 0 Å². The molecule has 0 aromatic carbocycles. The van der Waals surface area contributed by atoms with E-state index >= 15 is 0 Å². The Kier molecular flexibility index (Phi) is 4.97. The zero-order chi connectivity index (χ0) is 14.6. The van der Waals surface area contributed by atoms with Crippen molar-refractivity contribution >= 4 is 16.0 Å². The first-order valence-corrected chi connectivity index (χ1v) is 6.45. The number of nitrogens with zero attached hydrogens (tertiary/aromatic N) is 1. The van der Waals surface area contributed by atoms with E-state index < -0.39 is 53.0 Å². The zero-order valence-electron chi connectivity index (χ0n) is 9.49. The van der Waals surface area contributed by atoms with Crippen molar-refractivity contribution in [2.45, 2.75) is 11.5 Å². The molecule has 0 bridgehead atoms. The smallest absolute Gasteiger partial charge is 0.371 e. The Hall–Kier alpha value is -1.52. The lowest BCUT2D eigenvalue weighted by Crippen LogP contribution is -2.37. The molecule has 0 saturated carbocycles. The summed E-state index contributed by atoms with van der Waals surface area (Å²) in [6, 6.07) is 1.75. The van der Waals surface area contributed by atoms with Crippen molar-refractivity contribution in [1.29, 1.82) is 0 Å². The van der Waals surface area contributed by atoms with Crippen LogP contribution in [-0.4, -0.2) is 55.0 Å². The molecule has 0 atom stereocenters. The highest BCUT2D eigenvalue weighted by molar-refractivity contribution is 7.89. The van der Waals surface area contributed by atoms with E-state index in [1.54, 1.807) is 0 Å². The highest BCUT2D eigenvalue weighted by Gasteiger charge is 2.30. The maximum Gasteiger partial charge on any atom is 0.371 e. The number of carboxylic acids is 1. The molecule has 0 aliphatic heterocycles. The monoisotopic (exact) mass is 299 g/mol. The standard InChI is InChI=1S/C9H11F2NO6S/c10-7(11)5-12(3-4-13)19(16,17)8-2-1-6(18-8)9(14)15/h1-2,7,13H,3-5H2,(H,14,15). The van der Waals surface area contributed by atoms with Crippen LogP contribution >= 0.6 is 0 Å². The van der Waals surface area contributed by atoms with E-state index in [-0.39, 0.29) is 0 Å². The van der Waals surface area contributed by atoms with Crippen LogP contribution in [0.5, 0.6) is 0 Å². The van der Waals surface area contributed by atoms with Gasteiger partial charge in [-0.2, -0.15) is 4.31 Å². The van der Waals surface area contributed by atoms with Crippen molar-refractivity contribution in [1.82, 2.24) is 4.31 Å². The van der Waals surface area contributed by atoms with Gasteiger partial charge >= 0.3 is 5.97 Å². The fraction of sp³-hybridized carbons (Fsp3) is 0.444. The summed E-state index contributed by atoms with van der Waals surface area (Å²) < 4.78 is 53.2. The van der Waals surface area contributed by atoms with Crippen LogP contribution in [0, 0.1) is 0 Å². The van der Waals surface area contributed by atoms with Crippen LogP contribution in [0.25, 0.3) is 0 Å². The molecule has 0 amide bonds. The molecule has 0 fully saturated rings. The summed E-state index contributed by atoms with van der Waals surface area (Å²) in [5.41, 5.74) is 0. The number of sulfonamides is 1. The van der Waals surface area contributed by atoms with Crippen molar-refractivity contribution in [2.24, 2.45) is 0 Å². The molecule has 0 saturated heterocycles. The second-order valence-corrected chi connectivity index (χ2v) is 5.27. The second-order valence-electron chi connectivity index (χ2n) is 3.40. The van der Waals surface area contributed by atoms with Crippen LogP contribution in [0.15, 0.2) is 21.6 Å². The fourth-order valence-corrected chi connectivity index (χ4v) is 2.60. The minimum atomic E-state index is -4.41. The fourth-order valence-electron chi connectivity index (χ4n) is 1.28. The number of hydrogen-bond acceptors (Lipinski definition) is 5. The Labute approximate surface area is 107 Å². The third-order valence-corrected chi connectivity index (χ3v) is 3.82. The van der Waals surface area contributed by atoms with E-state index in [2.05, 4.69) is 4.42 Å². The molecule has 7 nitrogen and oxygen atoms in total. The van der Waals surface area contributed by atoms with Gasteiger partial charge in [0.05, 0.1) is 13.2 Å². The summed E-state index contributed by atoms with van der Waals surface area (Å²) in [4.78, 5) is 10.6. The molecular formula is C9H11F2NO6S. The first-order chi connectivity index (χ1) is 8.78. The van der Waals surface area contributed by atoms with Crippen molar-refractivity contribution in [2.75, 3.05) is 19.7 Å². The van der Waals surface area contributed by atoms with Crippen LogP contribution in [0.4, 0.5) is 8.78 Å². The van der Waals surface area contributed by atoms with Gasteiger partial charge in [0, 0.05) is 6.54 Å². The van der Waals surface area contributed by atoms with Gasteiger partial charge in [0.15, 0.2) is 0 Å². The first kappa shape index (κ1) is 15.5. The molecule has 1 heterocycles. The first-order valence-electron chi connectivity index (χ1n) is 5.01. The largest absolute Gasteiger partial charge is 0.475 e. The van der Waals surface area contributed by atoms with E-state index in [0.29, 0.717) is 4.31 Å². The summed E-state index contributed by atoms with van der Waals surface area (Å²) in [7, 11) is -4.41. The third kappa shape index (κ3) is 3.72. The van der Waals surface area contributed by atoms with Gasteiger partial charge in [-0.1, -0.05) is 0 Å². The van der Waals surface area contributed by atoms with E-state index in [0.717, 1.165) is 12.1 Å². The van der Waals surface area contributed by atoms with Gasteiger partial charge in [0.2, 0.25) is 10.9 Å². The number of halogens is 2. The Balaban J connectivity index is 3.07. The Morgan fingerprint density at radius 2 is 2.05 bits per heavy atom. The van der Waals surface area contributed by atoms with Crippen molar-refractivity contribution < 1.29 is 36.6 Å². The molecule has 1 aromatic heterocycles. The lowest BCUT2D eigenvalue weighted by molar-refractivity contribution is 0.0655. The molecule has 19 heavy (non-hydrogen) atoms. The molecule has 108 valence electrons. The maximum atomic E-state index is 12.3. The number of hydrogen-bond donors (Lipinski definition) is 2. The Morgan fingerprint density at radius 3 is 2.47 bits per heavy atom. The third-order valence-electron chi connectivity index (χ3n) is 2.08. The number of carbonyl (C=O) groups is 1. The minimum absolute atomic E-state index is 0.322. The van der Waals surface area contributed by atoms with Crippen LogP contribution in [-0.2, 0) is 10.0 Å². The molecule has 0 radical (unpaired) electrons. The number of aromatic carboxylic acids is 1. The predicted molar refractivity (Wildman–Crippen MR) is 57.5 cm³/mol. The maximum absolute atomic E-state index is 12.3. The number of aliphatic hydroxyl groups excluding tert-OH is 1. The van der Waals surface area contributed by atoms with Crippen LogP contribution in [0.3, 0.4) is 0 Å². The lowest BCUT2D eigenvalue weighted by atomic mass is 10.5. The molecule has 0 aliphatic carbocycles. The summed E-state index contributed by atoms with van der Waals surface area (Å²) in [6.07, 6.45) is -2.93. The van der Waals surface area contributed by atoms with Crippen LogP contribution in [0.2, 0.25) is 0 Å². The van der Waals surface area contributed by atoms with Gasteiger partial charge in [-0.25, -0.2) is 22.0 Å². The quantitative estimate of drug-likeness (QED) is 0.746. The number of alkyl halides is 2. The normalized spacial score (nSPS) is 12.3. The highest BCUT2D eigenvalue weighted by Crippen LogP contribution is 2.19. The molecule has 0 aliphatic rings. The van der Waals surface area contributed by atoms with E-state index in [4.69, 9.17) is 10.2 Å². The highest BCUT2D eigenvalue weighted by atomic mass is 32.2. The molecule has 0 spiro atoms. The van der Waals surface area contributed by atoms with E-state index in [1.165, 1.54) is 0 Å². The molecule has 0 unspecified atom stereocenters. The second kappa shape index (κ2) is 6.08. The number of carboxylic acid groups (broad SMARTS) is 1. The van der Waals surface area contributed by atoms with Gasteiger partial charge in [0.1, 0.15) is 0 Å². The molecular weight excluding hydrogens is 288 g/mol. The number of aliphatic hydroxyl groups is 1. The molecule has 1 rings (SSSR count). The summed E-state index contributed by atoms with van der Waals surface area (Å²) in [5, 5.41) is 16.5. The number of furan rings is 1. The average molecular weight is 299 g/mol. The van der Waals surface area contributed by atoms with E-state index in [9.17, 15) is 22.0 Å². The zero-order valence-corrected chi connectivity index (χ0v) is 10.3. The summed E-state index contributed by atoms with van der Waals surface area (Å²) >= 11 is 0. The summed E-state index contributed by atoms with van der Waals surface area (Å²) in [6.45, 7) is -2.32. The topological polar surface area (TPSA) is 108 Å². The van der Waals surface area contributed by atoms with Crippen molar-refractivity contribution in [3.05, 3.63) is 17.9 Å². The molecule has 2 N–H and O–H groups in total. The molecule has 10 heteroatoms. The minimum Gasteiger partial charge on any atom is -0.475 e. The SMILES string of the molecule is O=C(O)c1ccc(S(=O)(=O)N(CCO)CC(F)F)o1. The van der Waals surface area contributed by atoms with Crippen molar-refractivity contribution in [3.8, 4) is 0 Å². The van der Waals surface area contributed by atoms with Gasteiger partial charge < -0.3 is 14.6 Å². The summed E-state index contributed by atoms with van der Waals surface area (Å²) in [5.74, 6) is -2.11. The lowest BCUT2D eigenvalue weighted by Gasteiger charge is -2.18. The predicted octanol–water partition coefficient (Wildman–Crippen LogP) is 0.226. The molecule has 1 aromatic rings. The van der Waals surface area contributed by atoms with Gasteiger partial charge in [-0.15, -0.1) is 0 Å². The van der Waals surface area contributed by atoms with Gasteiger partial charge in [-0.05, 0) is 12.1 Å².